The molecule has 122 valence electrons. The van der Waals surface area contributed by atoms with Crippen molar-refractivity contribution in [1.29, 1.82) is 5.26 Å². The van der Waals surface area contributed by atoms with Gasteiger partial charge in [-0.25, -0.2) is 0 Å². The van der Waals surface area contributed by atoms with Crippen molar-refractivity contribution >= 4 is 46.4 Å². The van der Waals surface area contributed by atoms with Crippen molar-refractivity contribution in [3.05, 3.63) is 54.2 Å². The molecule has 0 saturated heterocycles. The molecule has 0 spiro atoms. The molecule has 0 aliphatic rings. The predicted octanol–water partition coefficient (Wildman–Crippen LogP) is 5.00. The third-order valence-electron chi connectivity index (χ3n) is 3.54. The van der Waals surface area contributed by atoms with Gasteiger partial charge in [0, 0.05) is 28.2 Å². The largest absolute Gasteiger partial charge is 0.497 e. The molecule has 0 bridgehead atoms. The van der Waals surface area contributed by atoms with Gasteiger partial charge in [0.1, 0.15) is 11.8 Å². The lowest BCUT2D eigenvalue weighted by molar-refractivity contribution is 0.415. The number of benzene rings is 2. The van der Waals surface area contributed by atoms with Gasteiger partial charge >= 0.3 is 0 Å². The third kappa shape index (κ3) is 3.56. The topological polar surface area (TPSA) is 57.9 Å². The number of ether oxygens (including phenoxy) is 1. The van der Waals surface area contributed by atoms with E-state index in [9.17, 15) is 5.26 Å². The third-order valence-corrected chi connectivity index (χ3v) is 4.26. The van der Waals surface area contributed by atoms with E-state index in [4.69, 9.17) is 4.74 Å². The Morgan fingerprint density at radius 3 is 2.75 bits per heavy atom. The van der Waals surface area contributed by atoms with E-state index in [-0.39, 0.29) is 12.4 Å². The summed E-state index contributed by atoms with van der Waals surface area (Å²) in [6, 6.07) is 15.9. The number of rotatable bonds is 4. The van der Waals surface area contributed by atoms with Gasteiger partial charge < -0.3 is 10.1 Å². The maximum absolute atomic E-state index is 9.40. The normalized spacial score (nSPS) is 9.88. The van der Waals surface area contributed by atoms with Gasteiger partial charge in [-0.05, 0) is 36.6 Å². The number of hydrogen-bond acceptors (Lipinski definition) is 5. The van der Waals surface area contributed by atoms with E-state index in [0.717, 1.165) is 32.9 Å². The first-order valence-electron chi connectivity index (χ1n) is 7.03. The Hall–Kier alpha value is -2.42. The van der Waals surface area contributed by atoms with Crippen molar-refractivity contribution in [3.8, 4) is 11.8 Å². The maximum Gasteiger partial charge on any atom is 0.121 e. The van der Waals surface area contributed by atoms with Crippen LogP contribution in [0.25, 0.3) is 10.9 Å². The Morgan fingerprint density at radius 1 is 1.21 bits per heavy atom. The summed E-state index contributed by atoms with van der Waals surface area (Å²) in [6.07, 6.45) is 3.62. The minimum absolute atomic E-state index is 0. The van der Waals surface area contributed by atoms with E-state index < -0.39 is 0 Å². The van der Waals surface area contributed by atoms with Crippen molar-refractivity contribution in [1.82, 2.24) is 4.98 Å². The molecule has 3 aromatic rings. The average Bonchev–Trinajstić information content (AvgIpc) is 2.61. The smallest absolute Gasteiger partial charge is 0.121 e. The molecule has 0 radical (unpaired) electrons. The Morgan fingerprint density at radius 2 is 2.04 bits per heavy atom. The van der Waals surface area contributed by atoms with E-state index in [1.807, 2.05) is 36.6 Å². The summed E-state index contributed by atoms with van der Waals surface area (Å²) >= 11 is 1.68. The molecule has 1 N–H and O–H groups in total. The minimum Gasteiger partial charge on any atom is -0.497 e. The first kappa shape index (κ1) is 17.9. The van der Waals surface area contributed by atoms with Crippen LogP contribution in [0.15, 0.2) is 53.6 Å². The zero-order chi connectivity index (χ0) is 16.2. The van der Waals surface area contributed by atoms with Crippen LogP contribution in [0, 0.1) is 11.3 Å². The van der Waals surface area contributed by atoms with E-state index in [0.29, 0.717) is 5.56 Å². The first-order valence-corrected chi connectivity index (χ1v) is 8.25. The highest BCUT2D eigenvalue weighted by Gasteiger charge is 2.10. The second-order valence-electron chi connectivity index (χ2n) is 4.90. The van der Waals surface area contributed by atoms with Gasteiger partial charge in [0.25, 0.3) is 0 Å². The van der Waals surface area contributed by atoms with Gasteiger partial charge in [-0.1, -0.05) is 6.07 Å². The van der Waals surface area contributed by atoms with Crippen LogP contribution in [0.3, 0.4) is 0 Å². The van der Waals surface area contributed by atoms with Crippen molar-refractivity contribution in [3.63, 3.8) is 0 Å². The Kier molecular flexibility index (Phi) is 5.91. The molecule has 3 rings (SSSR count). The van der Waals surface area contributed by atoms with Crippen LogP contribution in [-0.2, 0) is 0 Å². The Bertz CT molecular complexity index is 908. The van der Waals surface area contributed by atoms with Crippen LogP contribution in [0.2, 0.25) is 0 Å². The predicted molar refractivity (Wildman–Crippen MR) is 102 cm³/mol. The monoisotopic (exact) mass is 357 g/mol. The number of pyridine rings is 1. The summed E-state index contributed by atoms with van der Waals surface area (Å²) in [7, 11) is 1.62. The van der Waals surface area contributed by atoms with Crippen LogP contribution >= 0.6 is 24.2 Å². The molecule has 0 unspecified atom stereocenters. The van der Waals surface area contributed by atoms with Crippen molar-refractivity contribution in [2.75, 3.05) is 18.7 Å². The highest BCUT2D eigenvalue weighted by molar-refractivity contribution is 7.98. The number of nitrogens with zero attached hydrogens (tertiary/aromatic N) is 2. The fourth-order valence-corrected chi connectivity index (χ4v) is 2.82. The molecule has 0 aliphatic heterocycles. The lowest BCUT2D eigenvalue weighted by Gasteiger charge is -2.12. The number of hydrogen-bond donors (Lipinski definition) is 1. The SMILES string of the molecule is COc1ccc2c(Nc3cccc(SC)c3)c(C#N)cnc2c1.Cl. The van der Waals surface area contributed by atoms with E-state index in [1.54, 1.807) is 25.1 Å². The average molecular weight is 358 g/mol. The lowest BCUT2D eigenvalue weighted by Crippen LogP contribution is -1.97. The molecule has 0 saturated carbocycles. The summed E-state index contributed by atoms with van der Waals surface area (Å²) in [5.74, 6) is 0.741. The van der Waals surface area contributed by atoms with Gasteiger partial charge in [-0.3, -0.25) is 4.98 Å². The molecule has 6 heteroatoms. The quantitative estimate of drug-likeness (QED) is 0.665. The first-order chi connectivity index (χ1) is 11.2. The number of anilines is 2. The number of methoxy groups -OCH3 is 1. The summed E-state index contributed by atoms with van der Waals surface area (Å²) < 4.78 is 5.24. The highest BCUT2D eigenvalue weighted by atomic mass is 35.5. The van der Waals surface area contributed by atoms with Gasteiger partial charge in [0.2, 0.25) is 0 Å². The standard InChI is InChI=1S/C18H15N3OS.ClH/c1-22-14-6-7-16-17(9-14)20-11-12(10-19)18(16)21-13-4-3-5-15(8-13)23-2;/h3-9,11H,1-2H3,(H,20,21);1H. The molecular weight excluding hydrogens is 342 g/mol. The molecule has 1 aromatic heterocycles. The number of aromatic nitrogens is 1. The summed E-state index contributed by atoms with van der Waals surface area (Å²) in [5.41, 5.74) is 3.00. The van der Waals surface area contributed by atoms with Gasteiger partial charge in [-0.2, -0.15) is 5.26 Å². The fourth-order valence-electron chi connectivity index (χ4n) is 2.36. The van der Waals surface area contributed by atoms with Crippen molar-refractivity contribution < 1.29 is 4.74 Å². The molecule has 1 heterocycles. The van der Waals surface area contributed by atoms with Crippen LogP contribution < -0.4 is 10.1 Å². The second-order valence-corrected chi connectivity index (χ2v) is 5.78. The molecule has 4 nitrogen and oxygen atoms in total. The molecule has 0 fully saturated rings. The van der Waals surface area contributed by atoms with Gasteiger partial charge in [-0.15, -0.1) is 24.2 Å². The van der Waals surface area contributed by atoms with Gasteiger partial charge in [0.15, 0.2) is 0 Å². The van der Waals surface area contributed by atoms with Crippen LogP contribution in [0.4, 0.5) is 11.4 Å². The number of nitriles is 1. The van der Waals surface area contributed by atoms with Crippen molar-refractivity contribution in [2.24, 2.45) is 0 Å². The van der Waals surface area contributed by atoms with E-state index in [2.05, 4.69) is 28.5 Å². The molecular formula is C18H16ClN3OS. The molecule has 0 atom stereocenters. The Balaban J connectivity index is 0.00000208. The molecule has 24 heavy (non-hydrogen) atoms. The zero-order valence-electron chi connectivity index (χ0n) is 13.2. The number of fused-ring (bicyclic) bond motifs is 1. The van der Waals surface area contributed by atoms with E-state index >= 15 is 0 Å². The second kappa shape index (κ2) is 7.91. The highest BCUT2D eigenvalue weighted by Crippen LogP contribution is 2.31. The van der Waals surface area contributed by atoms with Crippen LogP contribution in [0.1, 0.15) is 5.56 Å². The van der Waals surface area contributed by atoms with Crippen molar-refractivity contribution in [2.45, 2.75) is 4.90 Å². The lowest BCUT2D eigenvalue weighted by atomic mass is 10.1. The zero-order valence-corrected chi connectivity index (χ0v) is 14.9. The minimum atomic E-state index is 0. The molecule has 2 aromatic carbocycles. The van der Waals surface area contributed by atoms with Crippen LogP contribution in [-0.4, -0.2) is 18.3 Å². The maximum atomic E-state index is 9.40. The summed E-state index contributed by atoms with van der Waals surface area (Å²) in [6.45, 7) is 0. The number of thioether (sulfide) groups is 1. The number of nitrogens with one attached hydrogen (secondary N) is 1. The summed E-state index contributed by atoms with van der Waals surface area (Å²) in [5, 5.41) is 13.6. The summed E-state index contributed by atoms with van der Waals surface area (Å²) in [4.78, 5) is 5.51. The Labute approximate surface area is 151 Å². The molecule has 0 aliphatic carbocycles. The van der Waals surface area contributed by atoms with Crippen LogP contribution in [0.5, 0.6) is 5.75 Å². The fraction of sp³-hybridized carbons (Fsp3) is 0.111. The molecule has 0 amide bonds. The van der Waals surface area contributed by atoms with E-state index in [1.165, 1.54) is 0 Å². The van der Waals surface area contributed by atoms with Gasteiger partial charge in [0.05, 0.1) is 23.9 Å². The number of halogens is 1.